The fraction of sp³-hybridized carbons (Fsp3) is 0.286. The largest absolute Gasteiger partial charge is 0.468 e. The first-order valence-corrected chi connectivity index (χ1v) is 6.22. The molecule has 1 fully saturated rings. The van der Waals surface area contributed by atoms with Crippen LogP contribution in [0.5, 0.6) is 5.75 Å². The van der Waals surface area contributed by atoms with E-state index in [9.17, 15) is 9.59 Å². The van der Waals surface area contributed by atoms with E-state index >= 15 is 0 Å². The second kappa shape index (κ2) is 6.31. The van der Waals surface area contributed by atoms with Gasteiger partial charge in [0.05, 0.1) is 18.2 Å². The average molecular weight is 276 g/mol. The Morgan fingerprint density at radius 1 is 1.40 bits per heavy atom. The lowest BCUT2D eigenvalue weighted by Crippen LogP contribution is -2.38. The van der Waals surface area contributed by atoms with Crippen LogP contribution in [0.3, 0.4) is 0 Å². The standard InChI is InChI=1S/C14H16N2O4/c1-2-7-15-12-8-13(18)16(14(12)19)10-3-5-11(6-4-10)20-9-17/h2-6,12,15,17H,1,7-9H2. The number of aliphatic hydroxyl groups excluding tert-OH is 1. The quantitative estimate of drug-likeness (QED) is 0.447. The zero-order chi connectivity index (χ0) is 14.5. The van der Waals surface area contributed by atoms with Crippen molar-refractivity contribution >= 4 is 17.5 Å². The highest BCUT2D eigenvalue weighted by Crippen LogP contribution is 2.25. The normalized spacial score (nSPS) is 18.4. The molecule has 1 heterocycles. The average Bonchev–Trinajstić information content (AvgIpc) is 2.73. The number of carbonyl (C=O) groups is 2. The summed E-state index contributed by atoms with van der Waals surface area (Å²) in [7, 11) is 0. The van der Waals surface area contributed by atoms with Crippen LogP contribution >= 0.6 is 0 Å². The van der Waals surface area contributed by atoms with Gasteiger partial charge in [0.2, 0.25) is 5.91 Å². The minimum atomic E-state index is -0.506. The number of hydrogen-bond donors (Lipinski definition) is 2. The number of nitrogens with one attached hydrogen (secondary N) is 1. The SMILES string of the molecule is C=CCNC1CC(=O)N(c2ccc(OCO)cc2)C1=O. The van der Waals surface area contributed by atoms with Gasteiger partial charge in [-0.2, -0.15) is 0 Å². The first-order valence-electron chi connectivity index (χ1n) is 6.22. The summed E-state index contributed by atoms with van der Waals surface area (Å²) in [5.41, 5.74) is 0.494. The fourth-order valence-corrected chi connectivity index (χ4v) is 2.05. The molecule has 2 N–H and O–H groups in total. The van der Waals surface area contributed by atoms with Crippen LogP contribution in [0, 0.1) is 0 Å². The highest BCUT2D eigenvalue weighted by Gasteiger charge is 2.38. The Bertz CT molecular complexity index is 512. The molecule has 0 aromatic heterocycles. The third-order valence-electron chi connectivity index (χ3n) is 2.98. The van der Waals surface area contributed by atoms with Gasteiger partial charge in [0.25, 0.3) is 5.91 Å². The maximum Gasteiger partial charge on any atom is 0.251 e. The topological polar surface area (TPSA) is 78.9 Å². The highest BCUT2D eigenvalue weighted by molar-refractivity contribution is 6.22. The monoisotopic (exact) mass is 276 g/mol. The van der Waals surface area contributed by atoms with Gasteiger partial charge in [-0.1, -0.05) is 6.08 Å². The van der Waals surface area contributed by atoms with E-state index < -0.39 is 12.8 Å². The zero-order valence-electron chi connectivity index (χ0n) is 10.9. The molecule has 1 atom stereocenters. The number of hydrogen-bond acceptors (Lipinski definition) is 5. The third-order valence-corrected chi connectivity index (χ3v) is 2.98. The van der Waals surface area contributed by atoms with Gasteiger partial charge >= 0.3 is 0 Å². The molecule has 2 rings (SSSR count). The Balaban J connectivity index is 2.13. The molecule has 6 heteroatoms. The summed E-state index contributed by atoms with van der Waals surface area (Å²) < 4.78 is 4.90. The van der Waals surface area contributed by atoms with Crippen LogP contribution in [0.2, 0.25) is 0 Å². The van der Waals surface area contributed by atoms with Crippen LogP contribution in [-0.4, -0.2) is 36.3 Å². The number of ether oxygens (including phenoxy) is 1. The molecule has 0 spiro atoms. The number of aliphatic hydroxyl groups is 1. The Labute approximate surface area is 116 Å². The highest BCUT2D eigenvalue weighted by atomic mass is 16.6. The molecule has 2 amide bonds. The minimum absolute atomic E-state index is 0.140. The van der Waals surface area contributed by atoms with E-state index in [2.05, 4.69) is 11.9 Å². The van der Waals surface area contributed by atoms with Crippen molar-refractivity contribution in [2.75, 3.05) is 18.2 Å². The van der Waals surface area contributed by atoms with Crippen molar-refractivity contribution in [1.82, 2.24) is 5.32 Å². The van der Waals surface area contributed by atoms with E-state index in [4.69, 9.17) is 9.84 Å². The second-order valence-corrected chi connectivity index (χ2v) is 4.29. The van der Waals surface area contributed by atoms with Crippen molar-refractivity contribution in [3.05, 3.63) is 36.9 Å². The number of nitrogens with zero attached hydrogens (tertiary/aromatic N) is 1. The van der Waals surface area contributed by atoms with Gasteiger partial charge in [-0.3, -0.25) is 9.59 Å². The lowest BCUT2D eigenvalue weighted by Gasteiger charge is -2.15. The van der Waals surface area contributed by atoms with E-state index in [1.165, 1.54) is 0 Å². The summed E-state index contributed by atoms with van der Waals surface area (Å²) in [6.45, 7) is 3.61. The molecule has 1 aliphatic rings. The van der Waals surface area contributed by atoms with Crippen LogP contribution in [0.25, 0.3) is 0 Å². The molecule has 0 aliphatic carbocycles. The fourth-order valence-electron chi connectivity index (χ4n) is 2.05. The lowest BCUT2D eigenvalue weighted by molar-refractivity contribution is -0.121. The van der Waals surface area contributed by atoms with Crippen LogP contribution in [0.1, 0.15) is 6.42 Å². The number of benzene rings is 1. The maximum atomic E-state index is 12.2. The molecule has 1 saturated heterocycles. The van der Waals surface area contributed by atoms with E-state index in [1.807, 2.05) is 0 Å². The predicted octanol–water partition coefficient (Wildman–Crippen LogP) is 0.423. The molecule has 1 aromatic rings. The Morgan fingerprint density at radius 3 is 2.70 bits per heavy atom. The molecule has 20 heavy (non-hydrogen) atoms. The minimum Gasteiger partial charge on any atom is -0.468 e. The Kier molecular flexibility index (Phi) is 4.49. The van der Waals surface area contributed by atoms with Crippen molar-refractivity contribution in [1.29, 1.82) is 0 Å². The van der Waals surface area contributed by atoms with Crippen LogP contribution < -0.4 is 15.0 Å². The van der Waals surface area contributed by atoms with Gasteiger partial charge in [0.1, 0.15) is 5.75 Å². The summed E-state index contributed by atoms with van der Waals surface area (Å²) in [6, 6.07) is 5.90. The number of rotatable bonds is 6. The smallest absolute Gasteiger partial charge is 0.251 e. The second-order valence-electron chi connectivity index (χ2n) is 4.29. The Morgan fingerprint density at radius 2 is 2.10 bits per heavy atom. The number of carbonyl (C=O) groups excluding carboxylic acids is 2. The van der Waals surface area contributed by atoms with E-state index in [1.54, 1.807) is 30.3 Å². The molecular formula is C14H16N2O4. The molecule has 1 unspecified atom stereocenters. The van der Waals surface area contributed by atoms with Crippen molar-refractivity contribution in [3.8, 4) is 5.75 Å². The van der Waals surface area contributed by atoms with E-state index in [0.717, 1.165) is 4.90 Å². The number of amides is 2. The van der Waals surface area contributed by atoms with Crippen molar-refractivity contribution in [2.24, 2.45) is 0 Å². The molecule has 1 aromatic carbocycles. The lowest BCUT2D eigenvalue weighted by atomic mass is 10.2. The summed E-state index contributed by atoms with van der Waals surface area (Å²) in [5, 5.41) is 11.6. The maximum absolute atomic E-state index is 12.2. The van der Waals surface area contributed by atoms with Crippen molar-refractivity contribution in [3.63, 3.8) is 0 Å². The first-order chi connectivity index (χ1) is 9.67. The summed E-state index contributed by atoms with van der Waals surface area (Å²) in [6.07, 6.45) is 1.78. The summed E-state index contributed by atoms with van der Waals surface area (Å²) in [5.74, 6) is -0.0447. The third kappa shape index (κ3) is 2.87. The zero-order valence-corrected chi connectivity index (χ0v) is 10.9. The summed E-state index contributed by atoms with van der Waals surface area (Å²) >= 11 is 0. The van der Waals surface area contributed by atoms with E-state index in [-0.39, 0.29) is 18.2 Å². The van der Waals surface area contributed by atoms with Gasteiger partial charge in [-0.15, -0.1) is 6.58 Å². The molecule has 106 valence electrons. The molecular weight excluding hydrogens is 260 g/mol. The van der Waals surface area contributed by atoms with Crippen LogP contribution in [0.4, 0.5) is 5.69 Å². The van der Waals surface area contributed by atoms with Gasteiger partial charge in [0, 0.05) is 6.54 Å². The van der Waals surface area contributed by atoms with Crippen LogP contribution in [0.15, 0.2) is 36.9 Å². The number of anilines is 1. The van der Waals surface area contributed by atoms with Gasteiger partial charge in [-0.05, 0) is 24.3 Å². The first kappa shape index (κ1) is 14.2. The van der Waals surface area contributed by atoms with Gasteiger partial charge in [0.15, 0.2) is 6.79 Å². The van der Waals surface area contributed by atoms with Gasteiger partial charge < -0.3 is 15.2 Å². The predicted molar refractivity (Wildman–Crippen MR) is 73.3 cm³/mol. The molecule has 6 nitrogen and oxygen atoms in total. The van der Waals surface area contributed by atoms with E-state index in [0.29, 0.717) is 18.0 Å². The van der Waals surface area contributed by atoms with Crippen molar-refractivity contribution < 1.29 is 19.4 Å². The van der Waals surface area contributed by atoms with Crippen molar-refractivity contribution in [2.45, 2.75) is 12.5 Å². The summed E-state index contributed by atoms with van der Waals surface area (Å²) in [4.78, 5) is 25.3. The molecule has 0 bridgehead atoms. The molecule has 1 aliphatic heterocycles. The molecule has 0 saturated carbocycles. The van der Waals surface area contributed by atoms with Crippen LogP contribution in [-0.2, 0) is 9.59 Å². The van der Waals surface area contributed by atoms with Gasteiger partial charge in [-0.25, -0.2) is 4.90 Å². The molecule has 0 radical (unpaired) electrons. The Hall–Kier alpha value is -2.18. The number of imide groups is 1.